The summed E-state index contributed by atoms with van der Waals surface area (Å²) in [7, 11) is -3.07. The molecule has 114 valence electrons. The second kappa shape index (κ2) is 5.65. The van der Waals surface area contributed by atoms with E-state index in [1.807, 2.05) is 24.3 Å². The van der Waals surface area contributed by atoms with Gasteiger partial charge in [0.2, 0.25) is 10.0 Å². The molecule has 3 rings (SSSR count). The van der Waals surface area contributed by atoms with Gasteiger partial charge in [0.25, 0.3) is 6.01 Å². The van der Waals surface area contributed by atoms with Gasteiger partial charge >= 0.3 is 0 Å². The van der Waals surface area contributed by atoms with Crippen molar-refractivity contribution in [2.75, 3.05) is 24.2 Å². The van der Waals surface area contributed by atoms with E-state index in [4.69, 9.17) is 4.42 Å². The molecular formula is C14H19N3O3S. The highest BCUT2D eigenvalue weighted by atomic mass is 32.2. The van der Waals surface area contributed by atoms with Crippen molar-refractivity contribution in [3.63, 3.8) is 0 Å². The highest BCUT2D eigenvalue weighted by molar-refractivity contribution is 7.89. The fraction of sp³-hybridized carbons (Fsp3) is 0.500. The quantitative estimate of drug-likeness (QED) is 0.935. The minimum Gasteiger partial charge on any atom is -0.424 e. The van der Waals surface area contributed by atoms with Gasteiger partial charge in [-0.15, -0.1) is 0 Å². The normalized spacial score (nSPS) is 18.1. The molecule has 21 heavy (non-hydrogen) atoms. The largest absolute Gasteiger partial charge is 0.424 e. The lowest BCUT2D eigenvalue weighted by atomic mass is 10.1. The molecule has 2 heterocycles. The smallest absolute Gasteiger partial charge is 0.295 e. The fourth-order valence-electron chi connectivity index (χ4n) is 2.57. The summed E-state index contributed by atoms with van der Waals surface area (Å²) in [6, 6.07) is 8.31. The number of sulfonamides is 1. The average Bonchev–Trinajstić information content (AvgIpc) is 2.90. The zero-order valence-electron chi connectivity index (χ0n) is 11.9. The molecule has 2 aromatic rings. The van der Waals surface area contributed by atoms with Crippen LogP contribution in [0.5, 0.6) is 0 Å². The Morgan fingerprint density at radius 2 is 2.05 bits per heavy atom. The number of fused-ring (bicyclic) bond motifs is 1. The van der Waals surface area contributed by atoms with Crippen LogP contribution in [-0.4, -0.2) is 42.6 Å². The van der Waals surface area contributed by atoms with E-state index in [0.29, 0.717) is 19.1 Å². The Labute approximate surface area is 124 Å². The molecule has 0 radical (unpaired) electrons. The second-order valence-corrected chi connectivity index (χ2v) is 7.46. The number of anilines is 1. The molecule has 1 aromatic heterocycles. The summed E-state index contributed by atoms with van der Waals surface area (Å²) in [5, 5.41) is 3.26. The average molecular weight is 309 g/mol. The van der Waals surface area contributed by atoms with Crippen LogP contribution in [0.3, 0.4) is 0 Å². The summed E-state index contributed by atoms with van der Waals surface area (Å²) in [5.41, 5.74) is 1.58. The maximum Gasteiger partial charge on any atom is 0.295 e. The van der Waals surface area contributed by atoms with Crippen LogP contribution >= 0.6 is 0 Å². The summed E-state index contributed by atoms with van der Waals surface area (Å²) in [4.78, 5) is 4.38. The van der Waals surface area contributed by atoms with Crippen LogP contribution in [-0.2, 0) is 10.0 Å². The minimum absolute atomic E-state index is 0.163. The number of hydrogen-bond donors (Lipinski definition) is 1. The Hall–Kier alpha value is -1.60. The molecule has 1 aromatic carbocycles. The molecule has 6 nitrogen and oxygen atoms in total. The summed E-state index contributed by atoms with van der Waals surface area (Å²) in [6.45, 7) is 2.78. The first kappa shape index (κ1) is 14.3. The molecule has 0 aliphatic carbocycles. The molecular weight excluding hydrogens is 290 g/mol. The van der Waals surface area contributed by atoms with Crippen molar-refractivity contribution < 1.29 is 12.8 Å². The third kappa shape index (κ3) is 3.03. The van der Waals surface area contributed by atoms with Gasteiger partial charge in [-0.05, 0) is 31.9 Å². The van der Waals surface area contributed by atoms with Gasteiger partial charge < -0.3 is 9.73 Å². The van der Waals surface area contributed by atoms with Gasteiger partial charge in [-0.1, -0.05) is 12.1 Å². The van der Waals surface area contributed by atoms with Crippen LogP contribution < -0.4 is 5.32 Å². The van der Waals surface area contributed by atoms with E-state index in [9.17, 15) is 8.42 Å². The molecule has 0 unspecified atom stereocenters. The summed E-state index contributed by atoms with van der Waals surface area (Å²) in [6.07, 6.45) is 1.52. The van der Waals surface area contributed by atoms with Crippen LogP contribution in [0, 0.1) is 0 Å². The van der Waals surface area contributed by atoms with E-state index in [1.165, 1.54) is 0 Å². The van der Waals surface area contributed by atoms with Gasteiger partial charge in [0.1, 0.15) is 5.52 Å². The van der Waals surface area contributed by atoms with E-state index in [1.54, 1.807) is 11.2 Å². The van der Waals surface area contributed by atoms with Crippen molar-refractivity contribution in [3.05, 3.63) is 24.3 Å². The van der Waals surface area contributed by atoms with Crippen molar-refractivity contribution in [1.29, 1.82) is 0 Å². The molecule has 0 saturated carbocycles. The molecule has 1 aliphatic rings. The van der Waals surface area contributed by atoms with E-state index < -0.39 is 10.0 Å². The van der Waals surface area contributed by atoms with Crippen molar-refractivity contribution in [2.24, 2.45) is 0 Å². The fourth-order valence-corrected chi connectivity index (χ4v) is 3.70. The monoisotopic (exact) mass is 309 g/mol. The minimum atomic E-state index is -3.07. The Morgan fingerprint density at radius 1 is 1.33 bits per heavy atom. The highest BCUT2D eigenvalue weighted by Gasteiger charge is 2.27. The number of benzene rings is 1. The second-order valence-electron chi connectivity index (χ2n) is 5.20. The lowest BCUT2D eigenvalue weighted by molar-refractivity contribution is 0.327. The standard InChI is InChI=1S/C14H19N3O3S/c1-2-21(18,19)17-9-7-11(8-10-17)15-14-16-12-5-3-4-6-13(12)20-14/h3-6,11H,2,7-10H2,1H3,(H,15,16). The van der Waals surface area contributed by atoms with Gasteiger partial charge in [0.15, 0.2) is 5.58 Å². The van der Waals surface area contributed by atoms with Crippen molar-refractivity contribution in [1.82, 2.24) is 9.29 Å². The third-order valence-electron chi connectivity index (χ3n) is 3.83. The van der Waals surface area contributed by atoms with Crippen LogP contribution in [0.2, 0.25) is 0 Å². The zero-order valence-corrected chi connectivity index (χ0v) is 12.8. The lowest BCUT2D eigenvalue weighted by Gasteiger charge is -2.30. The number of oxazole rings is 1. The first-order chi connectivity index (χ1) is 10.1. The Balaban J connectivity index is 1.63. The topological polar surface area (TPSA) is 75.4 Å². The predicted molar refractivity (Wildman–Crippen MR) is 81.7 cm³/mol. The van der Waals surface area contributed by atoms with E-state index in [0.717, 1.165) is 23.9 Å². The molecule has 0 spiro atoms. The predicted octanol–water partition coefficient (Wildman–Crippen LogP) is 2.05. The van der Waals surface area contributed by atoms with Gasteiger partial charge in [-0.3, -0.25) is 0 Å². The molecule has 0 atom stereocenters. The number of piperidine rings is 1. The molecule has 0 amide bonds. The van der Waals surface area contributed by atoms with Gasteiger partial charge in [-0.2, -0.15) is 4.98 Å². The number of nitrogens with one attached hydrogen (secondary N) is 1. The van der Waals surface area contributed by atoms with Crippen LogP contribution in [0.15, 0.2) is 28.7 Å². The Morgan fingerprint density at radius 3 is 2.71 bits per heavy atom. The molecule has 1 aliphatic heterocycles. The van der Waals surface area contributed by atoms with Gasteiger partial charge in [-0.25, -0.2) is 12.7 Å². The van der Waals surface area contributed by atoms with Crippen LogP contribution in [0.4, 0.5) is 6.01 Å². The molecule has 1 fully saturated rings. The molecule has 7 heteroatoms. The maximum atomic E-state index is 11.8. The van der Waals surface area contributed by atoms with Gasteiger partial charge in [0.05, 0.1) is 5.75 Å². The first-order valence-corrected chi connectivity index (χ1v) is 8.79. The number of para-hydroxylation sites is 2. The van der Waals surface area contributed by atoms with Crippen LogP contribution in [0.1, 0.15) is 19.8 Å². The highest BCUT2D eigenvalue weighted by Crippen LogP contribution is 2.22. The summed E-state index contributed by atoms with van der Waals surface area (Å²) in [5.74, 6) is 0.163. The number of aromatic nitrogens is 1. The number of rotatable bonds is 4. The van der Waals surface area contributed by atoms with E-state index >= 15 is 0 Å². The number of hydrogen-bond acceptors (Lipinski definition) is 5. The van der Waals surface area contributed by atoms with E-state index in [2.05, 4.69) is 10.3 Å². The maximum absolute atomic E-state index is 11.8. The Bertz CT molecular complexity index is 685. The van der Waals surface area contributed by atoms with Crippen LogP contribution in [0.25, 0.3) is 11.1 Å². The van der Waals surface area contributed by atoms with E-state index in [-0.39, 0.29) is 11.8 Å². The summed E-state index contributed by atoms with van der Waals surface area (Å²) < 4.78 is 30.8. The Kier molecular flexibility index (Phi) is 3.86. The van der Waals surface area contributed by atoms with Gasteiger partial charge in [0, 0.05) is 19.1 Å². The van der Waals surface area contributed by atoms with Crippen molar-refractivity contribution in [2.45, 2.75) is 25.8 Å². The molecule has 1 N–H and O–H groups in total. The molecule has 0 bridgehead atoms. The lowest BCUT2D eigenvalue weighted by Crippen LogP contribution is -2.42. The third-order valence-corrected chi connectivity index (χ3v) is 5.72. The summed E-state index contributed by atoms with van der Waals surface area (Å²) >= 11 is 0. The van der Waals surface area contributed by atoms with Crippen molar-refractivity contribution >= 4 is 27.1 Å². The number of nitrogens with zero attached hydrogens (tertiary/aromatic N) is 2. The first-order valence-electron chi connectivity index (χ1n) is 7.18. The zero-order chi connectivity index (χ0) is 14.9. The SMILES string of the molecule is CCS(=O)(=O)N1CCC(Nc2nc3ccccc3o2)CC1. The molecule has 1 saturated heterocycles. The van der Waals surface area contributed by atoms with Crippen molar-refractivity contribution in [3.8, 4) is 0 Å².